The summed E-state index contributed by atoms with van der Waals surface area (Å²) in [7, 11) is -2.47. The molecule has 0 saturated carbocycles. The van der Waals surface area contributed by atoms with Crippen LogP contribution in [0.15, 0.2) is 23.1 Å². The van der Waals surface area contributed by atoms with Gasteiger partial charge in [0.2, 0.25) is 16.1 Å². The number of rotatable bonds is 5. The number of esters is 2. The van der Waals surface area contributed by atoms with Gasteiger partial charge in [0.05, 0.1) is 12.7 Å². The highest BCUT2D eigenvalue weighted by Gasteiger charge is 2.37. The van der Waals surface area contributed by atoms with Crippen LogP contribution in [0.3, 0.4) is 0 Å². The van der Waals surface area contributed by atoms with Gasteiger partial charge in [-0.2, -0.15) is 4.31 Å². The summed E-state index contributed by atoms with van der Waals surface area (Å²) >= 11 is 0. The van der Waals surface area contributed by atoms with Gasteiger partial charge in [0.25, 0.3) is 0 Å². The van der Waals surface area contributed by atoms with E-state index in [1.807, 2.05) is 6.92 Å². The molecule has 0 radical (unpaired) electrons. The van der Waals surface area contributed by atoms with Gasteiger partial charge in [-0.05, 0) is 44.9 Å². The van der Waals surface area contributed by atoms with Crippen LogP contribution in [0.1, 0.15) is 49.9 Å². The third kappa shape index (κ3) is 4.00. The Morgan fingerprint density at radius 3 is 2.61 bits per heavy atom. The molecule has 8 nitrogen and oxygen atoms in total. The molecule has 0 N–H and O–H groups in total. The SMILES string of the molecule is COc1ccc(C(=O)O[C@@H]2C[C@H](C)OC2=O)cc1S(=O)(=O)N1CCCC[C@H]1C. The van der Waals surface area contributed by atoms with Crippen LogP contribution in [0.5, 0.6) is 5.75 Å². The standard InChI is InChI=1S/C19H25NO7S/c1-12-6-4-5-9-20(12)28(23,24)17-11-14(7-8-15(17)25-3)18(21)27-16-10-13(2)26-19(16)22/h7-8,11-13,16H,4-6,9-10H2,1-3H3/t12-,13+,16-/m1/s1. The third-order valence-corrected chi connectivity index (χ3v) is 7.14. The number of hydrogen-bond donors (Lipinski definition) is 0. The molecule has 1 aromatic carbocycles. The predicted octanol–water partition coefficient (Wildman–Crippen LogP) is 2.12. The Balaban J connectivity index is 1.89. The second-order valence-electron chi connectivity index (χ2n) is 7.20. The van der Waals surface area contributed by atoms with E-state index in [0.29, 0.717) is 6.54 Å². The first-order valence-corrected chi connectivity index (χ1v) is 10.8. The summed E-state index contributed by atoms with van der Waals surface area (Å²) in [5, 5.41) is 0. The molecule has 2 saturated heterocycles. The lowest BCUT2D eigenvalue weighted by molar-refractivity contribution is -0.147. The van der Waals surface area contributed by atoms with Crippen LogP contribution in [-0.2, 0) is 24.3 Å². The fourth-order valence-corrected chi connectivity index (χ4v) is 5.46. The van der Waals surface area contributed by atoms with E-state index in [4.69, 9.17) is 14.2 Å². The van der Waals surface area contributed by atoms with E-state index in [1.165, 1.54) is 29.6 Å². The Hall–Kier alpha value is -2.13. The van der Waals surface area contributed by atoms with Crippen molar-refractivity contribution in [3.05, 3.63) is 23.8 Å². The summed E-state index contributed by atoms with van der Waals surface area (Å²) < 4.78 is 43.3. The molecule has 154 valence electrons. The van der Waals surface area contributed by atoms with Gasteiger partial charge in [0.1, 0.15) is 16.7 Å². The van der Waals surface area contributed by atoms with E-state index in [0.717, 1.165) is 19.3 Å². The number of sulfonamides is 1. The monoisotopic (exact) mass is 411 g/mol. The lowest BCUT2D eigenvalue weighted by Gasteiger charge is -2.32. The van der Waals surface area contributed by atoms with Crippen molar-refractivity contribution >= 4 is 22.0 Å². The number of carbonyl (C=O) groups is 2. The topological polar surface area (TPSA) is 99.2 Å². The number of hydrogen-bond acceptors (Lipinski definition) is 7. The van der Waals surface area contributed by atoms with Crippen molar-refractivity contribution in [2.45, 2.75) is 62.7 Å². The van der Waals surface area contributed by atoms with E-state index in [1.54, 1.807) is 6.92 Å². The molecule has 1 aromatic rings. The Morgan fingerprint density at radius 1 is 1.25 bits per heavy atom. The maximum Gasteiger partial charge on any atom is 0.347 e. The molecule has 0 aromatic heterocycles. The number of carbonyl (C=O) groups excluding carboxylic acids is 2. The van der Waals surface area contributed by atoms with E-state index in [2.05, 4.69) is 0 Å². The fourth-order valence-electron chi connectivity index (χ4n) is 3.57. The third-order valence-electron chi connectivity index (χ3n) is 5.10. The van der Waals surface area contributed by atoms with Crippen molar-refractivity contribution in [3.8, 4) is 5.75 Å². The second kappa shape index (κ2) is 8.08. The molecule has 28 heavy (non-hydrogen) atoms. The first kappa shape index (κ1) is 20.6. The van der Waals surface area contributed by atoms with E-state index in [-0.39, 0.29) is 34.8 Å². The summed E-state index contributed by atoms with van der Waals surface area (Å²) in [6.07, 6.45) is 1.52. The molecule has 3 atom stereocenters. The van der Waals surface area contributed by atoms with Crippen LogP contribution in [-0.4, -0.2) is 56.6 Å². The Kier molecular flexibility index (Phi) is 5.95. The van der Waals surface area contributed by atoms with Crippen LogP contribution < -0.4 is 4.74 Å². The molecule has 0 spiro atoms. The zero-order valence-corrected chi connectivity index (χ0v) is 17.0. The maximum absolute atomic E-state index is 13.2. The first-order chi connectivity index (χ1) is 13.2. The number of methoxy groups -OCH3 is 1. The average Bonchev–Trinajstić information content (AvgIpc) is 2.98. The van der Waals surface area contributed by atoms with Crippen molar-refractivity contribution < 1.29 is 32.2 Å². The number of cyclic esters (lactones) is 1. The summed E-state index contributed by atoms with van der Waals surface area (Å²) in [4.78, 5) is 24.1. The normalized spacial score (nSPS) is 26.0. The zero-order valence-electron chi connectivity index (χ0n) is 16.2. The molecule has 2 fully saturated rings. The van der Waals surface area contributed by atoms with E-state index in [9.17, 15) is 18.0 Å². The van der Waals surface area contributed by atoms with Gasteiger partial charge in [-0.15, -0.1) is 0 Å². The van der Waals surface area contributed by atoms with Gasteiger partial charge in [0, 0.05) is 19.0 Å². The summed E-state index contributed by atoms with van der Waals surface area (Å²) in [6.45, 7) is 4.00. The molecule has 0 aliphatic carbocycles. The minimum atomic E-state index is -3.85. The van der Waals surface area contributed by atoms with Crippen LogP contribution in [0.25, 0.3) is 0 Å². The minimum absolute atomic E-state index is 0.0383. The van der Waals surface area contributed by atoms with Gasteiger partial charge >= 0.3 is 11.9 Å². The van der Waals surface area contributed by atoms with E-state index >= 15 is 0 Å². The number of benzene rings is 1. The average molecular weight is 411 g/mol. The molecular weight excluding hydrogens is 386 g/mol. The van der Waals surface area contributed by atoms with Gasteiger partial charge in [-0.1, -0.05) is 6.42 Å². The molecule has 2 heterocycles. The van der Waals surface area contributed by atoms with Crippen molar-refractivity contribution in [2.75, 3.05) is 13.7 Å². The molecule has 9 heteroatoms. The van der Waals surface area contributed by atoms with Crippen molar-refractivity contribution in [3.63, 3.8) is 0 Å². The molecule has 0 bridgehead atoms. The molecule has 2 aliphatic rings. The van der Waals surface area contributed by atoms with Gasteiger partial charge in [0.15, 0.2) is 0 Å². The van der Waals surface area contributed by atoms with Gasteiger partial charge in [-0.25, -0.2) is 18.0 Å². The first-order valence-electron chi connectivity index (χ1n) is 9.35. The smallest absolute Gasteiger partial charge is 0.347 e. The Bertz CT molecular complexity index is 867. The Morgan fingerprint density at radius 2 is 2.00 bits per heavy atom. The summed E-state index contributed by atoms with van der Waals surface area (Å²) in [5.41, 5.74) is 0.0383. The zero-order chi connectivity index (χ0) is 20.5. The van der Waals surface area contributed by atoms with Crippen molar-refractivity contribution in [2.24, 2.45) is 0 Å². The quantitative estimate of drug-likeness (QED) is 0.684. The molecule has 2 aliphatic heterocycles. The fraction of sp³-hybridized carbons (Fsp3) is 0.579. The molecule has 3 rings (SSSR count). The minimum Gasteiger partial charge on any atom is -0.495 e. The van der Waals surface area contributed by atoms with Crippen LogP contribution in [0.4, 0.5) is 0 Å². The van der Waals surface area contributed by atoms with E-state index < -0.39 is 28.1 Å². The summed E-state index contributed by atoms with van der Waals surface area (Å²) in [6, 6.07) is 3.97. The predicted molar refractivity (Wildman–Crippen MR) is 99.6 cm³/mol. The number of nitrogens with zero attached hydrogens (tertiary/aromatic N) is 1. The number of piperidine rings is 1. The van der Waals surface area contributed by atoms with Gasteiger partial charge < -0.3 is 14.2 Å². The lowest BCUT2D eigenvalue weighted by Crippen LogP contribution is -2.42. The lowest BCUT2D eigenvalue weighted by atomic mass is 10.1. The van der Waals surface area contributed by atoms with Crippen LogP contribution in [0, 0.1) is 0 Å². The van der Waals surface area contributed by atoms with Crippen LogP contribution in [0.2, 0.25) is 0 Å². The van der Waals surface area contributed by atoms with Crippen molar-refractivity contribution in [1.82, 2.24) is 4.31 Å². The summed E-state index contributed by atoms with van der Waals surface area (Å²) in [5.74, 6) is -1.21. The van der Waals surface area contributed by atoms with Crippen LogP contribution >= 0.6 is 0 Å². The largest absolute Gasteiger partial charge is 0.495 e. The van der Waals surface area contributed by atoms with Crippen molar-refractivity contribution in [1.29, 1.82) is 0 Å². The Labute approximate surface area is 164 Å². The second-order valence-corrected chi connectivity index (χ2v) is 9.06. The highest BCUT2D eigenvalue weighted by molar-refractivity contribution is 7.89. The highest BCUT2D eigenvalue weighted by atomic mass is 32.2. The molecule has 0 amide bonds. The molecule has 0 unspecified atom stereocenters. The number of ether oxygens (including phenoxy) is 3. The molecular formula is C19H25NO7S. The van der Waals surface area contributed by atoms with Gasteiger partial charge in [-0.3, -0.25) is 0 Å². The maximum atomic E-state index is 13.2. The highest BCUT2D eigenvalue weighted by Crippen LogP contribution is 2.32.